The van der Waals surface area contributed by atoms with E-state index in [1.807, 2.05) is 30.3 Å². The molecule has 4 nitrogen and oxygen atoms in total. The molecule has 4 fully saturated rings. The number of benzene rings is 1. The maximum Gasteiger partial charge on any atom is 0.249 e. The summed E-state index contributed by atoms with van der Waals surface area (Å²) in [5.41, 5.74) is 0.890. The molecule has 4 saturated heterocycles. The second-order valence-electron chi connectivity index (χ2n) is 6.30. The van der Waals surface area contributed by atoms with Crippen LogP contribution in [0.5, 0.6) is 0 Å². The molecular weight excluding hydrogens is 252 g/mol. The summed E-state index contributed by atoms with van der Waals surface area (Å²) in [6, 6.07) is 10.1. The number of piperidine rings is 3. The van der Waals surface area contributed by atoms with Gasteiger partial charge in [-0.05, 0) is 37.4 Å². The van der Waals surface area contributed by atoms with E-state index in [4.69, 9.17) is 4.84 Å². The van der Waals surface area contributed by atoms with Crippen molar-refractivity contribution in [3.05, 3.63) is 35.9 Å². The fourth-order valence-electron chi connectivity index (χ4n) is 3.94. The van der Waals surface area contributed by atoms with E-state index in [-0.39, 0.29) is 11.5 Å². The third kappa shape index (κ3) is 1.95. The van der Waals surface area contributed by atoms with Crippen molar-refractivity contribution in [1.82, 2.24) is 9.96 Å². The number of hydrogen-bond donors (Lipinski definition) is 0. The van der Waals surface area contributed by atoms with E-state index < -0.39 is 0 Å². The molecule has 4 heterocycles. The molecule has 4 heteroatoms. The molecule has 1 spiro atoms. The quantitative estimate of drug-likeness (QED) is 0.823. The van der Waals surface area contributed by atoms with Crippen molar-refractivity contribution >= 4 is 5.91 Å². The number of fused-ring (bicyclic) bond motifs is 2. The highest BCUT2D eigenvalue weighted by atomic mass is 16.7. The van der Waals surface area contributed by atoms with Crippen LogP contribution in [0, 0.1) is 5.92 Å². The van der Waals surface area contributed by atoms with Gasteiger partial charge in [0.05, 0.1) is 13.0 Å². The lowest BCUT2D eigenvalue weighted by Crippen LogP contribution is -2.59. The van der Waals surface area contributed by atoms with Crippen LogP contribution < -0.4 is 0 Å². The number of hydrogen-bond acceptors (Lipinski definition) is 3. The maximum absolute atomic E-state index is 12.3. The van der Waals surface area contributed by atoms with Crippen molar-refractivity contribution < 1.29 is 9.63 Å². The Labute approximate surface area is 119 Å². The highest BCUT2D eigenvalue weighted by Crippen LogP contribution is 2.44. The van der Waals surface area contributed by atoms with Crippen LogP contribution in [0.4, 0.5) is 0 Å². The molecule has 4 aliphatic rings. The number of hydroxylamine groups is 2. The topological polar surface area (TPSA) is 32.8 Å². The normalized spacial score (nSPS) is 36.0. The highest BCUT2D eigenvalue weighted by molar-refractivity contribution is 5.78. The van der Waals surface area contributed by atoms with E-state index in [2.05, 4.69) is 4.90 Å². The average molecular weight is 272 g/mol. The smallest absolute Gasteiger partial charge is 0.249 e. The minimum Gasteiger partial charge on any atom is -0.300 e. The van der Waals surface area contributed by atoms with Crippen molar-refractivity contribution in [3.63, 3.8) is 0 Å². The predicted molar refractivity (Wildman–Crippen MR) is 74.6 cm³/mol. The van der Waals surface area contributed by atoms with Gasteiger partial charge in [-0.15, -0.1) is 0 Å². The first-order valence-corrected chi connectivity index (χ1v) is 7.51. The van der Waals surface area contributed by atoms with Gasteiger partial charge in [0.25, 0.3) is 0 Å². The zero-order chi connectivity index (χ0) is 13.6. The Hall–Kier alpha value is -1.39. The van der Waals surface area contributed by atoms with Gasteiger partial charge in [-0.3, -0.25) is 9.63 Å². The second kappa shape index (κ2) is 4.57. The molecule has 20 heavy (non-hydrogen) atoms. The number of amides is 1. The lowest BCUT2D eigenvalue weighted by molar-refractivity contribution is -0.242. The van der Waals surface area contributed by atoms with Crippen LogP contribution in [-0.4, -0.2) is 41.1 Å². The van der Waals surface area contributed by atoms with E-state index in [1.54, 1.807) is 5.06 Å². The van der Waals surface area contributed by atoms with Gasteiger partial charge in [0, 0.05) is 6.54 Å². The molecule has 1 amide bonds. The molecule has 1 atom stereocenters. The molecular formula is C16H20N2O2. The lowest BCUT2D eigenvalue weighted by atomic mass is 9.74. The molecule has 0 aromatic heterocycles. The van der Waals surface area contributed by atoms with Crippen molar-refractivity contribution in [2.24, 2.45) is 5.92 Å². The summed E-state index contributed by atoms with van der Waals surface area (Å²) in [4.78, 5) is 20.9. The molecule has 0 radical (unpaired) electrons. The Morgan fingerprint density at radius 1 is 1.20 bits per heavy atom. The largest absolute Gasteiger partial charge is 0.300 e. The van der Waals surface area contributed by atoms with E-state index in [0.29, 0.717) is 18.9 Å². The molecule has 0 aliphatic carbocycles. The summed E-state index contributed by atoms with van der Waals surface area (Å²) in [6.07, 6.45) is 2.90. The highest BCUT2D eigenvalue weighted by Gasteiger charge is 2.55. The number of rotatable bonds is 2. The summed E-state index contributed by atoms with van der Waals surface area (Å²) in [7, 11) is 0. The van der Waals surface area contributed by atoms with Crippen LogP contribution in [0.2, 0.25) is 0 Å². The van der Waals surface area contributed by atoms with Crippen molar-refractivity contribution in [2.75, 3.05) is 19.6 Å². The van der Waals surface area contributed by atoms with Gasteiger partial charge in [-0.1, -0.05) is 30.3 Å². The molecule has 0 saturated carbocycles. The zero-order valence-electron chi connectivity index (χ0n) is 11.6. The Bertz CT molecular complexity index is 510. The van der Waals surface area contributed by atoms with Gasteiger partial charge in [0.2, 0.25) is 5.91 Å². The summed E-state index contributed by atoms with van der Waals surface area (Å²) < 4.78 is 0. The first-order chi connectivity index (χ1) is 9.75. The molecule has 1 aromatic carbocycles. The van der Waals surface area contributed by atoms with Crippen molar-refractivity contribution in [1.29, 1.82) is 0 Å². The summed E-state index contributed by atoms with van der Waals surface area (Å²) in [6.45, 7) is 3.83. The number of carbonyl (C=O) groups excluding carboxylic acids is 1. The van der Waals surface area contributed by atoms with Gasteiger partial charge < -0.3 is 4.90 Å². The zero-order valence-corrected chi connectivity index (χ0v) is 11.6. The fourth-order valence-corrected chi connectivity index (χ4v) is 3.94. The Balaban J connectivity index is 1.52. The number of carbonyl (C=O) groups is 1. The van der Waals surface area contributed by atoms with Gasteiger partial charge in [-0.2, -0.15) is 0 Å². The van der Waals surface area contributed by atoms with Crippen LogP contribution in [0.3, 0.4) is 0 Å². The molecule has 106 valence electrons. The van der Waals surface area contributed by atoms with Gasteiger partial charge in [-0.25, -0.2) is 5.06 Å². The van der Waals surface area contributed by atoms with Gasteiger partial charge >= 0.3 is 0 Å². The van der Waals surface area contributed by atoms with Crippen molar-refractivity contribution in [2.45, 2.75) is 31.4 Å². The maximum atomic E-state index is 12.3. The van der Waals surface area contributed by atoms with Gasteiger partial charge in [0.1, 0.15) is 5.60 Å². The Kier molecular flexibility index (Phi) is 2.82. The fraction of sp³-hybridized carbons (Fsp3) is 0.562. The van der Waals surface area contributed by atoms with Crippen LogP contribution in [0.15, 0.2) is 30.3 Å². The minimum atomic E-state index is -0.234. The Morgan fingerprint density at radius 3 is 2.60 bits per heavy atom. The number of nitrogens with zero attached hydrogens (tertiary/aromatic N) is 2. The molecule has 0 N–H and O–H groups in total. The lowest BCUT2D eigenvalue weighted by Gasteiger charge is -2.49. The van der Waals surface area contributed by atoms with Crippen molar-refractivity contribution in [3.8, 4) is 0 Å². The van der Waals surface area contributed by atoms with Crippen LogP contribution in [-0.2, 0) is 16.2 Å². The van der Waals surface area contributed by atoms with E-state index in [9.17, 15) is 4.79 Å². The van der Waals surface area contributed by atoms with Crippen LogP contribution in [0.1, 0.15) is 24.8 Å². The molecule has 5 rings (SSSR count). The summed E-state index contributed by atoms with van der Waals surface area (Å²) in [5, 5.41) is 1.59. The molecule has 2 bridgehead atoms. The third-order valence-corrected chi connectivity index (χ3v) is 5.01. The summed E-state index contributed by atoms with van der Waals surface area (Å²) >= 11 is 0. The first-order valence-electron chi connectivity index (χ1n) is 7.51. The molecule has 1 aromatic rings. The van der Waals surface area contributed by atoms with E-state index >= 15 is 0 Å². The van der Waals surface area contributed by atoms with Crippen LogP contribution in [0.25, 0.3) is 0 Å². The molecule has 4 aliphatic heterocycles. The Morgan fingerprint density at radius 2 is 1.95 bits per heavy atom. The van der Waals surface area contributed by atoms with E-state index in [0.717, 1.165) is 12.1 Å². The van der Waals surface area contributed by atoms with Crippen LogP contribution >= 0.6 is 0 Å². The monoisotopic (exact) mass is 272 g/mol. The predicted octanol–water partition coefficient (Wildman–Crippen LogP) is 1.81. The SMILES string of the molecule is O=C1CC2(CN3CCC2CC3)ON1Cc1ccccc1. The molecule has 1 unspecified atom stereocenters. The second-order valence-corrected chi connectivity index (χ2v) is 6.30. The minimum absolute atomic E-state index is 0.141. The first kappa shape index (κ1) is 12.4. The average Bonchev–Trinajstić information content (AvgIpc) is 2.77. The third-order valence-electron chi connectivity index (χ3n) is 5.01. The van der Waals surface area contributed by atoms with Gasteiger partial charge in [0.15, 0.2) is 0 Å². The standard InChI is InChI=1S/C16H20N2O2/c19-15-10-16(12-17-8-6-14(16)7-9-17)20-18(15)11-13-4-2-1-3-5-13/h1-5,14H,6-12H2. The van der Waals surface area contributed by atoms with E-state index in [1.165, 1.54) is 25.9 Å². The summed E-state index contributed by atoms with van der Waals surface area (Å²) in [5.74, 6) is 0.694.